The molecule has 4 bridgehead atoms. The standard InChI is InChI=1S/C17H27N3/c1-3-15-11(2)19-20(16(15)18)10-17-7-12-4-13(8-17)6-14(5-12)9-17/h12-14H,3-10,18H2,1-2H3. The highest BCUT2D eigenvalue weighted by Crippen LogP contribution is 2.60. The summed E-state index contributed by atoms with van der Waals surface area (Å²) in [5, 5.41) is 4.75. The second kappa shape index (κ2) is 4.25. The highest BCUT2D eigenvalue weighted by Gasteiger charge is 2.51. The molecule has 0 amide bonds. The molecule has 0 aliphatic heterocycles. The second-order valence-corrected chi connectivity index (χ2v) is 7.88. The fourth-order valence-corrected chi connectivity index (χ4v) is 6.00. The smallest absolute Gasteiger partial charge is 0.125 e. The van der Waals surface area contributed by atoms with E-state index in [4.69, 9.17) is 10.8 Å². The Morgan fingerprint density at radius 3 is 2.15 bits per heavy atom. The highest BCUT2D eigenvalue weighted by molar-refractivity contribution is 5.43. The minimum Gasteiger partial charge on any atom is -0.384 e. The van der Waals surface area contributed by atoms with Crippen LogP contribution in [0.2, 0.25) is 0 Å². The lowest BCUT2D eigenvalue weighted by atomic mass is 9.49. The predicted molar refractivity (Wildman–Crippen MR) is 81.4 cm³/mol. The molecule has 0 radical (unpaired) electrons. The van der Waals surface area contributed by atoms with E-state index in [2.05, 4.69) is 18.5 Å². The van der Waals surface area contributed by atoms with Gasteiger partial charge in [-0.3, -0.25) is 0 Å². The van der Waals surface area contributed by atoms with Gasteiger partial charge in [0, 0.05) is 12.1 Å². The third-order valence-electron chi connectivity index (χ3n) is 6.30. The number of rotatable bonds is 3. The predicted octanol–water partition coefficient (Wildman–Crippen LogP) is 3.55. The average Bonchev–Trinajstić information content (AvgIpc) is 2.61. The number of aromatic nitrogens is 2. The van der Waals surface area contributed by atoms with Crippen molar-refractivity contribution < 1.29 is 0 Å². The second-order valence-electron chi connectivity index (χ2n) is 7.88. The number of nitrogens with zero attached hydrogens (tertiary/aromatic N) is 2. The molecule has 2 N–H and O–H groups in total. The molecule has 5 rings (SSSR count). The third-order valence-corrected chi connectivity index (χ3v) is 6.30. The van der Waals surface area contributed by atoms with Crippen LogP contribution in [-0.2, 0) is 13.0 Å². The van der Waals surface area contributed by atoms with E-state index >= 15 is 0 Å². The van der Waals surface area contributed by atoms with Gasteiger partial charge in [0.05, 0.1) is 5.69 Å². The van der Waals surface area contributed by atoms with Crippen molar-refractivity contribution in [2.75, 3.05) is 5.73 Å². The van der Waals surface area contributed by atoms with Gasteiger partial charge in [-0.15, -0.1) is 0 Å². The van der Waals surface area contributed by atoms with Crippen molar-refractivity contribution in [3.63, 3.8) is 0 Å². The lowest BCUT2D eigenvalue weighted by Crippen LogP contribution is -2.48. The maximum absolute atomic E-state index is 6.34. The lowest BCUT2D eigenvalue weighted by molar-refractivity contribution is -0.0632. The van der Waals surface area contributed by atoms with E-state index in [1.165, 1.54) is 44.1 Å². The molecule has 4 saturated carbocycles. The zero-order valence-electron chi connectivity index (χ0n) is 12.9. The van der Waals surface area contributed by atoms with Crippen molar-refractivity contribution in [1.29, 1.82) is 0 Å². The average molecular weight is 273 g/mol. The fourth-order valence-electron chi connectivity index (χ4n) is 6.00. The van der Waals surface area contributed by atoms with Gasteiger partial charge in [0.15, 0.2) is 0 Å². The Balaban J connectivity index is 1.63. The van der Waals surface area contributed by atoms with Gasteiger partial charge in [0.25, 0.3) is 0 Å². The van der Waals surface area contributed by atoms with Crippen molar-refractivity contribution in [1.82, 2.24) is 9.78 Å². The first kappa shape index (κ1) is 12.7. The van der Waals surface area contributed by atoms with Gasteiger partial charge >= 0.3 is 0 Å². The zero-order chi connectivity index (χ0) is 13.9. The molecule has 0 spiro atoms. The van der Waals surface area contributed by atoms with Crippen LogP contribution >= 0.6 is 0 Å². The van der Waals surface area contributed by atoms with Crippen LogP contribution in [-0.4, -0.2) is 9.78 Å². The summed E-state index contributed by atoms with van der Waals surface area (Å²) < 4.78 is 2.14. The van der Waals surface area contributed by atoms with E-state index in [-0.39, 0.29) is 0 Å². The number of hydrogen-bond acceptors (Lipinski definition) is 2. The van der Waals surface area contributed by atoms with Gasteiger partial charge in [-0.05, 0) is 75.0 Å². The van der Waals surface area contributed by atoms with Crippen molar-refractivity contribution in [2.24, 2.45) is 23.2 Å². The van der Waals surface area contributed by atoms with Crippen molar-refractivity contribution in [3.8, 4) is 0 Å². The van der Waals surface area contributed by atoms with Crippen molar-refractivity contribution >= 4 is 5.82 Å². The van der Waals surface area contributed by atoms with E-state index in [1.807, 2.05) is 0 Å². The summed E-state index contributed by atoms with van der Waals surface area (Å²) in [6, 6.07) is 0. The molecule has 1 aromatic heterocycles. The quantitative estimate of drug-likeness (QED) is 0.915. The Morgan fingerprint density at radius 2 is 1.70 bits per heavy atom. The molecule has 110 valence electrons. The van der Waals surface area contributed by atoms with Crippen LogP contribution in [0.4, 0.5) is 5.82 Å². The molecule has 0 unspecified atom stereocenters. The normalized spacial score (nSPS) is 38.6. The summed E-state index contributed by atoms with van der Waals surface area (Å²) in [6.45, 7) is 5.35. The molecule has 1 heterocycles. The number of aryl methyl sites for hydroxylation is 1. The molecule has 4 fully saturated rings. The number of hydrogen-bond donors (Lipinski definition) is 1. The molecule has 0 aromatic carbocycles. The SMILES string of the molecule is CCc1c(C)nn(CC23CC4CC(CC(C4)C2)C3)c1N. The molecule has 1 aromatic rings. The first-order valence-corrected chi connectivity index (χ1v) is 8.40. The molecule has 3 nitrogen and oxygen atoms in total. The first-order chi connectivity index (χ1) is 9.58. The molecule has 20 heavy (non-hydrogen) atoms. The zero-order valence-corrected chi connectivity index (χ0v) is 12.9. The maximum atomic E-state index is 6.34. The van der Waals surface area contributed by atoms with E-state index in [0.29, 0.717) is 5.41 Å². The topological polar surface area (TPSA) is 43.8 Å². The monoisotopic (exact) mass is 273 g/mol. The molecule has 0 atom stereocenters. The van der Waals surface area contributed by atoms with E-state index in [1.54, 1.807) is 0 Å². The third kappa shape index (κ3) is 1.82. The van der Waals surface area contributed by atoms with E-state index in [9.17, 15) is 0 Å². The summed E-state index contributed by atoms with van der Waals surface area (Å²) in [5.41, 5.74) is 9.26. The molecule has 3 heteroatoms. The molecule has 4 aliphatic rings. The Morgan fingerprint density at radius 1 is 1.15 bits per heavy atom. The van der Waals surface area contributed by atoms with Crippen LogP contribution in [0.5, 0.6) is 0 Å². The summed E-state index contributed by atoms with van der Waals surface area (Å²) >= 11 is 0. The Bertz CT molecular complexity index is 493. The first-order valence-electron chi connectivity index (χ1n) is 8.40. The van der Waals surface area contributed by atoms with Crippen LogP contribution in [0.1, 0.15) is 56.7 Å². The van der Waals surface area contributed by atoms with E-state index < -0.39 is 0 Å². The van der Waals surface area contributed by atoms with Gasteiger partial charge in [-0.1, -0.05) is 6.92 Å². The van der Waals surface area contributed by atoms with Crippen LogP contribution in [0, 0.1) is 30.1 Å². The van der Waals surface area contributed by atoms with Crippen LogP contribution < -0.4 is 5.73 Å². The van der Waals surface area contributed by atoms with Gasteiger partial charge in [-0.2, -0.15) is 5.10 Å². The molecular weight excluding hydrogens is 246 g/mol. The minimum atomic E-state index is 0.520. The van der Waals surface area contributed by atoms with Gasteiger partial charge in [0.1, 0.15) is 5.82 Å². The van der Waals surface area contributed by atoms with Crippen molar-refractivity contribution in [2.45, 2.75) is 65.3 Å². The minimum absolute atomic E-state index is 0.520. The van der Waals surface area contributed by atoms with Crippen LogP contribution in [0.15, 0.2) is 0 Å². The number of nitrogens with two attached hydrogens (primary N) is 1. The number of anilines is 1. The van der Waals surface area contributed by atoms with Crippen LogP contribution in [0.3, 0.4) is 0 Å². The van der Waals surface area contributed by atoms with Crippen molar-refractivity contribution in [3.05, 3.63) is 11.3 Å². The molecule has 0 saturated heterocycles. The fraction of sp³-hybridized carbons (Fsp3) is 0.824. The summed E-state index contributed by atoms with van der Waals surface area (Å²) in [5.74, 6) is 3.94. The highest BCUT2D eigenvalue weighted by atomic mass is 15.3. The van der Waals surface area contributed by atoms with Gasteiger partial charge < -0.3 is 5.73 Å². The Labute approximate surface area is 121 Å². The summed E-state index contributed by atoms with van der Waals surface area (Å²) in [6.07, 6.45) is 9.81. The molecule has 4 aliphatic carbocycles. The summed E-state index contributed by atoms with van der Waals surface area (Å²) in [4.78, 5) is 0. The largest absolute Gasteiger partial charge is 0.384 e. The van der Waals surface area contributed by atoms with Gasteiger partial charge in [-0.25, -0.2) is 4.68 Å². The Hall–Kier alpha value is -0.990. The van der Waals surface area contributed by atoms with Gasteiger partial charge in [0.2, 0.25) is 0 Å². The summed E-state index contributed by atoms with van der Waals surface area (Å²) in [7, 11) is 0. The number of nitrogen functional groups attached to an aromatic ring is 1. The van der Waals surface area contributed by atoms with Crippen LogP contribution in [0.25, 0.3) is 0 Å². The lowest BCUT2D eigenvalue weighted by Gasteiger charge is -2.56. The maximum Gasteiger partial charge on any atom is 0.125 e. The Kier molecular flexibility index (Phi) is 2.71. The van der Waals surface area contributed by atoms with E-state index in [0.717, 1.165) is 42.2 Å². The molecular formula is C17H27N3.